The van der Waals surface area contributed by atoms with Crippen molar-refractivity contribution in [3.05, 3.63) is 60.3 Å². The van der Waals surface area contributed by atoms with Gasteiger partial charge in [-0.05, 0) is 30.5 Å². The Morgan fingerprint density at radius 2 is 1.91 bits per heavy atom. The zero-order valence-corrected chi connectivity index (χ0v) is 21.2. The number of ether oxygens (including phenoxy) is 1. The molecular weight excluding hydrogens is 515 g/mol. The molecule has 1 aromatic heterocycles. The molecule has 0 aliphatic carbocycles. The SMILES string of the molecule is CN=C(NCCCCNc1ccccn1)N1CC2OCCN(Cc3ccccc3)C2C1.I. The van der Waals surface area contributed by atoms with Gasteiger partial charge in [-0.25, -0.2) is 4.98 Å². The number of pyridine rings is 1. The van der Waals surface area contributed by atoms with E-state index in [2.05, 4.69) is 60.7 Å². The summed E-state index contributed by atoms with van der Waals surface area (Å²) in [4.78, 5) is 13.7. The van der Waals surface area contributed by atoms with E-state index in [0.29, 0.717) is 6.04 Å². The van der Waals surface area contributed by atoms with Gasteiger partial charge >= 0.3 is 0 Å². The minimum atomic E-state index is 0. The fourth-order valence-electron chi connectivity index (χ4n) is 4.41. The second-order valence-electron chi connectivity index (χ2n) is 8.16. The Labute approximate surface area is 208 Å². The third kappa shape index (κ3) is 6.79. The third-order valence-electron chi connectivity index (χ3n) is 6.01. The Kier molecular flexibility index (Phi) is 10.0. The van der Waals surface area contributed by atoms with Crippen LogP contribution in [0.1, 0.15) is 18.4 Å². The predicted molar refractivity (Wildman–Crippen MR) is 141 cm³/mol. The van der Waals surface area contributed by atoms with Crippen molar-refractivity contribution in [3.8, 4) is 0 Å². The molecule has 7 nitrogen and oxygen atoms in total. The summed E-state index contributed by atoms with van der Waals surface area (Å²) in [5.41, 5.74) is 1.36. The van der Waals surface area contributed by atoms with Crippen LogP contribution in [-0.4, -0.2) is 79.3 Å². The first-order valence-corrected chi connectivity index (χ1v) is 11.3. The monoisotopic (exact) mass is 550 g/mol. The van der Waals surface area contributed by atoms with Crippen molar-refractivity contribution in [2.24, 2.45) is 4.99 Å². The van der Waals surface area contributed by atoms with Crippen LogP contribution >= 0.6 is 24.0 Å². The van der Waals surface area contributed by atoms with Gasteiger partial charge < -0.3 is 20.3 Å². The number of unbranched alkanes of at least 4 members (excludes halogenated alkanes) is 1. The number of hydrogen-bond acceptors (Lipinski definition) is 5. The number of aromatic nitrogens is 1. The average Bonchev–Trinajstić information content (AvgIpc) is 3.25. The normalized spacial score (nSPS) is 21.0. The van der Waals surface area contributed by atoms with Crippen LogP contribution in [0.2, 0.25) is 0 Å². The number of halogens is 1. The molecule has 0 spiro atoms. The maximum Gasteiger partial charge on any atom is 0.193 e. The van der Waals surface area contributed by atoms with Gasteiger partial charge in [-0.3, -0.25) is 9.89 Å². The van der Waals surface area contributed by atoms with Crippen LogP contribution in [-0.2, 0) is 11.3 Å². The van der Waals surface area contributed by atoms with Gasteiger partial charge in [0.05, 0.1) is 18.8 Å². The molecule has 8 heteroatoms. The second-order valence-corrected chi connectivity index (χ2v) is 8.16. The Bertz CT molecular complexity index is 822. The highest BCUT2D eigenvalue weighted by Gasteiger charge is 2.41. The first-order valence-electron chi connectivity index (χ1n) is 11.3. The molecule has 32 heavy (non-hydrogen) atoms. The average molecular weight is 550 g/mol. The molecule has 0 radical (unpaired) electrons. The summed E-state index contributed by atoms with van der Waals surface area (Å²) >= 11 is 0. The molecule has 2 N–H and O–H groups in total. The number of fused-ring (bicyclic) bond motifs is 1. The number of benzene rings is 1. The number of morpholine rings is 1. The van der Waals surface area contributed by atoms with Gasteiger partial charge in [0.25, 0.3) is 0 Å². The summed E-state index contributed by atoms with van der Waals surface area (Å²) < 4.78 is 6.11. The van der Waals surface area contributed by atoms with E-state index < -0.39 is 0 Å². The number of hydrogen-bond donors (Lipinski definition) is 2. The van der Waals surface area contributed by atoms with Crippen LogP contribution in [0.15, 0.2) is 59.7 Å². The minimum Gasteiger partial charge on any atom is -0.373 e. The molecule has 2 aliphatic heterocycles. The lowest BCUT2D eigenvalue weighted by Crippen LogP contribution is -2.50. The number of anilines is 1. The van der Waals surface area contributed by atoms with E-state index in [4.69, 9.17) is 4.74 Å². The highest BCUT2D eigenvalue weighted by atomic mass is 127. The lowest BCUT2D eigenvalue weighted by atomic mass is 10.1. The van der Waals surface area contributed by atoms with Crippen LogP contribution in [0.3, 0.4) is 0 Å². The number of likely N-dealkylation sites (tertiary alicyclic amines) is 1. The number of aliphatic imine (C=N–C) groups is 1. The van der Waals surface area contributed by atoms with E-state index in [9.17, 15) is 0 Å². The van der Waals surface area contributed by atoms with Gasteiger partial charge in [0, 0.05) is 52.5 Å². The molecule has 1 aromatic carbocycles. The number of rotatable bonds is 8. The molecule has 4 rings (SSSR count). The van der Waals surface area contributed by atoms with Gasteiger partial charge in [0.1, 0.15) is 5.82 Å². The van der Waals surface area contributed by atoms with E-state index in [1.165, 1.54) is 5.56 Å². The molecule has 2 fully saturated rings. The van der Waals surface area contributed by atoms with Crippen LogP contribution in [0.4, 0.5) is 5.82 Å². The summed E-state index contributed by atoms with van der Waals surface area (Å²) in [5.74, 6) is 1.92. The van der Waals surface area contributed by atoms with Crippen molar-refractivity contribution in [2.75, 3.05) is 51.7 Å². The Morgan fingerprint density at radius 1 is 1.09 bits per heavy atom. The van der Waals surface area contributed by atoms with Crippen LogP contribution < -0.4 is 10.6 Å². The molecule has 174 valence electrons. The second kappa shape index (κ2) is 13.0. The smallest absolute Gasteiger partial charge is 0.193 e. The van der Waals surface area contributed by atoms with Crippen molar-refractivity contribution in [3.63, 3.8) is 0 Å². The third-order valence-corrected chi connectivity index (χ3v) is 6.01. The Balaban J connectivity index is 0.00000289. The molecular formula is C24H35IN6O. The van der Waals surface area contributed by atoms with Gasteiger partial charge in [0.2, 0.25) is 0 Å². The maximum absolute atomic E-state index is 6.11. The summed E-state index contributed by atoms with van der Waals surface area (Å²) in [6, 6.07) is 17.1. The zero-order chi connectivity index (χ0) is 21.3. The highest BCUT2D eigenvalue weighted by Crippen LogP contribution is 2.24. The number of guanidine groups is 1. The van der Waals surface area contributed by atoms with Crippen molar-refractivity contribution in [1.29, 1.82) is 0 Å². The Morgan fingerprint density at radius 3 is 2.69 bits per heavy atom. The summed E-state index contributed by atoms with van der Waals surface area (Å²) in [7, 11) is 1.87. The molecule has 2 aliphatic rings. The zero-order valence-electron chi connectivity index (χ0n) is 18.8. The fourth-order valence-corrected chi connectivity index (χ4v) is 4.41. The van der Waals surface area contributed by atoms with E-state index in [-0.39, 0.29) is 30.1 Å². The lowest BCUT2D eigenvalue weighted by molar-refractivity contribution is -0.0502. The summed E-state index contributed by atoms with van der Waals surface area (Å²) in [5, 5.41) is 6.90. The van der Waals surface area contributed by atoms with Crippen molar-refractivity contribution in [2.45, 2.75) is 31.5 Å². The number of nitrogens with zero attached hydrogens (tertiary/aromatic N) is 4. The van der Waals surface area contributed by atoms with Gasteiger partial charge in [-0.2, -0.15) is 0 Å². The van der Waals surface area contributed by atoms with E-state index in [1.54, 1.807) is 0 Å². The topological polar surface area (TPSA) is 65.0 Å². The molecule has 0 saturated carbocycles. The van der Waals surface area contributed by atoms with Crippen LogP contribution in [0.25, 0.3) is 0 Å². The standard InChI is InChI=1S/C24H34N6O.HI/c1-25-24(28-14-8-7-13-27-23-11-5-6-12-26-23)30-18-21-22(19-30)31-16-15-29(21)17-20-9-3-2-4-10-20;/h2-6,9-12,21-22H,7-8,13-19H2,1H3,(H,25,28)(H,26,27);1H. The lowest BCUT2D eigenvalue weighted by Gasteiger charge is -2.36. The molecule has 2 saturated heterocycles. The quantitative estimate of drug-likeness (QED) is 0.228. The van der Waals surface area contributed by atoms with E-state index >= 15 is 0 Å². The van der Waals surface area contributed by atoms with E-state index in [0.717, 1.165) is 70.5 Å². The van der Waals surface area contributed by atoms with Crippen LogP contribution in [0.5, 0.6) is 0 Å². The van der Waals surface area contributed by atoms with E-state index in [1.807, 2.05) is 31.4 Å². The highest BCUT2D eigenvalue weighted by molar-refractivity contribution is 14.0. The molecule has 0 amide bonds. The Hall–Kier alpha value is -1.91. The van der Waals surface area contributed by atoms with Gasteiger partial charge in [-0.15, -0.1) is 24.0 Å². The molecule has 0 bridgehead atoms. The predicted octanol–water partition coefficient (Wildman–Crippen LogP) is 3.05. The first kappa shape index (κ1) is 24.7. The number of nitrogens with one attached hydrogen (secondary N) is 2. The summed E-state index contributed by atoms with van der Waals surface area (Å²) in [6.07, 6.45) is 4.22. The van der Waals surface area contributed by atoms with Gasteiger partial charge in [-0.1, -0.05) is 36.4 Å². The molecule has 2 unspecified atom stereocenters. The van der Waals surface area contributed by atoms with Crippen LogP contribution in [0, 0.1) is 0 Å². The van der Waals surface area contributed by atoms with Gasteiger partial charge in [0.15, 0.2) is 5.96 Å². The first-order chi connectivity index (χ1) is 15.3. The minimum absolute atomic E-state index is 0. The fraction of sp³-hybridized carbons (Fsp3) is 0.500. The maximum atomic E-state index is 6.11. The molecule has 3 heterocycles. The van der Waals surface area contributed by atoms with Crippen molar-refractivity contribution in [1.82, 2.24) is 20.1 Å². The largest absolute Gasteiger partial charge is 0.373 e. The van der Waals surface area contributed by atoms with Crippen molar-refractivity contribution < 1.29 is 4.74 Å². The molecule has 2 aromatic rings. The summed E-state index contributed by atoms with van der Waals surface area (Å²) in [6.45, 7) is 6.46. The van der Waals surface area contributed by atoms with Crippen molar-refractivity contribution >= 4 is 35.8 Å². The molecule has 2 atom stereocenters.